The van der Waals surface area contributed by atoms with Crippen LogP contribution in [0.2, 0.25) is 0 Å². The maximum absolute atomic E-state index is 12.0. The first-order valence-corrected chi connectivity index (χ1v) is 6.43. The summed E-state index contributed by atoms with van der Waals surface area (Å²) >= 11 is 0. The van der Waals surface area contributed by atoms with Crippen LogP contribution in [0.3, 0.4) is 0 Å². The van der Waals surface area contributed by atoms with Gasteiger partial charge in [0.05, 0.1) is 12.1 Å². The van der Waals surface area contributed by atoms with Crippen molar-refractivity contribution in [3.05, 3.63) is 35.9 Å². The number of benzene rings is 1. The number of nitrogens with zero attached hydrogens (tertiary/aromatic N) is 1. The Balaban J connectivity index is 1.55. The standard InChI is InChI=1S/C14H17NO3/c16-14(18-10-11-5-2-1-3-6-11)15-7-4-8-17-13-9-12(13)15/h1-3,5-6,12-13H,4,7-10H2/t12-,13+/m1/s1. The molecule has 2 atom stereocenters. The van der Waals surface area contributed by atoms with Crippen LogP contribution in [0, 0.1) is 0 Å². The summed E-state index contributed by atoms with van der Waals surface area (Å²) in [6, 6.07) is 10.00. The molecule has 1 saturated heterocycles. The lowest BCUT2D eigenvalue weighted by molar-refractivity contribution is 0.0902. The minimum atomic E-state index is -0.211. The summed E-state index contributed by atoms with van der Waals surface area (Å²) in [5.41, 5.74) is 1.02. The molecule has 0 aromatic heterocycles. The van der Waals surface area contributed by atoms with Gasteiger partial charge >= 0.3 is 6.09 Å². The number of rotatable bonds is 2. The van der Waals surface area contributed by atoms with Crippen LogP contribution < -0.4 is 0 Å². The normalized spacial score (nSPS) is 26.1. The third kappa shape index (κ3) is 2.48. The van der Waals surface area contributed by atoms with Crippen molar-refractivity contribution >= 4 is 6.09 Å². The van der Waals surface area contributed by atoms with Crippen molar-refractivity contribution in [2.75, 3.05) is 13.2 Å². The third-order valence-corrected chi connectivity index (χ3v) is 3.42. The molecule has 1 aliphatic heterocycles. The van der Waals surface area contributed by atoms with E-state index >= 15 is 0 Å². The fourth-order valence-electron chi connectivity index (χ4n) is 2.33. The first kappa shape index (κ1) is 11.5. The Kier molecular flexibility index (Phi) is 3.19. The third-order valence-electron chi connectivity index (χ3n) is 3.42. The monoisotopic (exact) mass is 247 g/mol. The average Bonchev–Trinajstić information content (AvgIpc) is 3.16. The predicted molar refractivity (Wildman–Crippen MR) is 66.1 cm³/mol. The molecule has 2 aliphatic rings. The lowest BCUT2D eigenvalue weighted by Gasteiger charge is -2.20. The number of amides is 1. The molecular formula is C14H17NO3. The SMILES string of the molecule is O=C(OCc1ccccc1)N1CCCO[C@H]2C[C@H]21. The molecule has 0 radical (unpaired) electrons. The van der Waals surface area contributed by atoms with Crippen molar-refractivity contribution in [1.29, 1.82) is 0 Å². The van der Waals surface area contributed by atoms with E-state index in [0.29, 0.717) is 6.61 Å². The largest absolute Gasteiger partial charge is 0.445 e. The number of hydrogen-bond acceptors (Lipinski definition) is 3. The zero-order valence-corrected chi connectivity index (χ0v) is 10.2. The number of ether oxygens (including phenoxy) is 2. The van der Waals surface area contributed by atoms with Crippen LogP contribution >= 0.6 is 0 Å². The highest BCUT2D eigenvalue weighted by Gasteiger charge is 2.46. The van der Waals surface area contributed by atoms with Crippen molar-refractivity contribution in [3.63, 3.8) is 0 Å². The zero-order valence-electron chi connectivity index (χ0n) is 10.2. The van der Waals surface area contributed by atoms with Gasteiger partial charge in [0.1, 0.15) is 6.61 Å². The highest BCUT2D eigenvalue weighted by atomic mass is 16.6. The van der Waals surface area contributed by atoms with E-state index in [-0.39, 0.29) is 18.2 Å². The van der Waals surface area contributed by atoms with Crippen molar-refractivity contribution in [3.8, 4) is 0 Å². The molecule has 0 bridgehead atoms. The summed E-state index contributed by atoms with van der Waals surface area (Å²) in [6.07, 6.45) is 1.89. The van der Waals surface area contributed by atoms with E-state index < -0.39 is 0 Å². The lowest BCUT2D eigenvalue weighted by Crippen LogP contribution is -2.35. The molecule has 1 heterocycles. The van der Waals surface area contributed by atoms with Crippen molar-refractivity contribution in [2.24, 2.45) is 0 Å². The van der Waals surface area contributed by atoms with E-state index in [0.717, 1.165) is 31.6 Å². The lowest BCUT2D eigenvalue weighted by atomic mass is 10.2. The maximum Gasteiger partial charge on any atom is 0.410 e. The molecule has 96 valence electrons. The molecule has 1 amide bonds. The predicted octanol–water partition coefficient (Wildman–Crippen LogP) is 2.19. The first-order valence-electron chi connectivity index (χ1n) is 6.43. The zero-order chi connectivity index (χ0) is 12.4. The molecule has 0 N–H and O–H groups in total. The van der Waals surface area contributed by atoms with Crippen LogP contribution in [0.1, 0.15) is 18.4 Å². The second-order valence-corrected chi connectivity index (χ2v) is 4.80. The van der Waals surface area contributed by atoms with Crippen LogP contribution in [-0.4, -0.2) is 36.3 Å². The summed E-state index contributed by atoms with van der Waals surface area (Å²) in [5, 5.41) is 0. The van der Waals surface area contributed by atoms with Crippen LogP contribution in [-0.2, 0) is 16.1 Å². The Bertz CT molecular complexity index is 420. The van der Waals surface area contributed by atoms with Crippen molar-refractivity contribution in [1.82, 2.24) is 4.90 Å². The van der Waals surface area contributed by atoms with Gasteiger partial charge in [0.15, 0.2) is 0 Å². The fraction of sp³-hybridized carbons (Fsp3) is 0.500. The second-order valence-electron chi connectivity index (χ2n) is 4.80. The minimum Gasteiger partial charge on any atom is -0.445 e. The van der Waals surface area contributed by atoms with Crippen molar-refractivity contribution < 1.29 is 14.3 Å². The van der Waals surface area contributed by atoms with Gasteiger partial charge < -0.3 is 14.4 Å². The summed E-state index contributed by atoms with van der Waals surface area (Å²) in [7, 11) is 0. The van der Waals surface area contributed by atoms with Gasteiger partial charge in [-0.25, -0.2) is 4.79 Å². The molecular weight excluding hydrogens is 230 g/mol. The highest BCUT2D eigenvalue weighted by Crippen LogP contribution is 2.34. The van der Waals surface area contributed by atoms with E-state index in [4.69, 9.17) is 9.47 Å². The van der Waals surface area contributed by atoms with Gasteiger partial charge in [-0.2, -0.15) is 0 Å². The molecule has 4 heteroatoms. The summed E-state index contributed by atoms with van der Waals surface area (Å²) < 4.78 is 10.9. The smallest absolute Gasteiger partial charge is 0.410 e. The fourth-order valence-corrected chi connectivity index (χ4v) is 2.33. The first-order chi connectivity index (χ1) is 8.84. The van der Waals surface area contributed by atoms with Gasteiger partial charge in [-0.15, -0.1) is 0 Å². The molecule has 2 fully saturated rings. The number of carbonyl (C=O) groups is 1. The quantitative estimate of drug-likeness (QED) is 0.804. The molecule has 3 rings (SSSR count). The molecule has 0 unspecified atom stereocenters. The Morgan fingerprint density at radius 1 is 1.39 bits per heavy atom. The van der Waals surface area contributed by atoms with E-state index in [1.54, 1.807) is 0 Å². The second kappa shape index (κ2) is 4.98. The average molecular weight is 247 g/mol. The Morgan fingerprint density at radius 2 is 2.22 bits per heavy atom. The van der Waals surface area contributed by atoms with Crippen LogP contribution in [0.25, 0.3) is 0 Å². The Morgan fingerprint density at radius 3 is 3.06 bits per heavy atom. The molecule has 0 spiro atoms. The number of hydrogen-bond donors (Lipinski definition) is 0. The number of carbonyl (C=O) groups excluding carboxylic acids is 1. The van der Waals surface area contributed by atoms with Crippen LogP contribution in [0.5, 0.6) is 0 Å². The molecule has 4 nitrogen and oxygen atoms in total. The van der Waals surface area contributed by atoms with Gasteiger partial charge in [-0.3, -0.25) is 0 Å². The molecule has 1 aromatic rings. The Labute approximate surface area is 106 Å². The molecule has 18 heavy (non-hydrogen) atoms. The Hall–Kier alpha value is -1.55. The summed E-state index contributed by atoms with van der Waals surface area (Å²) in [6.45, 7) is 1.84. The summed E-state index contributed by atoms with van der Waals surface area (Å²) in [5.74, 6) is 0. The highest BCUT2D eigenvalue weighted by molar-refractivity contribution is 5.68. The maximum atomic E-state index is 12.0. The van der Waals surface area contributed by atoms with E-state index in [1.165, 1.54) is 0 Å². The summed E-state index contributed by atoms with van der Waals surface area (Å²) in [4.78, 5) is 13.8. The van der Waals surface area contributed by atoms with Crippen LogP contribution in [0.4, 0.5) is 4.79 Å². The van der Waals surface area contributed by atoms with E-state index in [1.807, 2.05) is 35.2 Å². The molecule has 1 aliphatic carbocycles. The van der Waals surface area contributed by atoms with Gasteiger partial charge in [0.2, 0.25) is 0 Å². The topological polar surface area (TPSA) is 38.8 Å². The minimum absolute atomic E-state index is 0.211. The van der Waals surface area contributed by atoms with Gasteiger partial charge in [0, 0.05) is 13.2 Å². The number of fused-ring (bicyclic) bond motifs is 1. The molecule has 1 saturated carbocycles. The van der Waals surface area contributed by atoms with Gasteiger partial charge in [-0.05, 0) is 18.4 Å². The van der Waals surface area contributed by atoms with E-state index in [9.17, 15) is 4.79 Å². The van der Waals surface area contributed by atoms with Gasteiger partial charge in [0.25, 0.3) is 0 Å². The van der Waals surface area contributed by atoms with E-state index in [2.05, 4.69) is 0 Å². The van der Waals surface area contributed by atoms with Gasteiger partial charge in [-0.1, -0.05) is 30.3 Å². The van der Waals surface area contributed by atoms with Crippen LogP contribution in [0.15, 0.2) is 30.3 Å². The molecule has 1 aromatic carbocycles. The van der Waals surface area contributed by atoms with Crippen molar-refractivity contribution in [2.45, 2.75) is 31.6 Å².